The summed E-state index contributed by atoms with van der Waals surface area (Å²) in [5.41, 5.74) is 2.84. The van der Waals surface area contributed by atoms with Crippen LogP contribution in [0.25, 0.3) is 28.0 Å². The average molecular weight is 536 g/mol. The molecule has 0 saturated carbocycles. The van der Waals surface area contributed by atoms with E-state index in [1.54, 1.807) is 30.7 Å². The van der Waals surface area contributed by atoms with Gasteiger partial charge in [0.25, 0.3) is 11.5 Å². The Morgan fingerprint density at radius 2 is 1.80 bits per heavy atom. The van der Waals surface area contributed by atoms with Gasteiger partial charge in [-0.3, -0.25) is 19.7 Å². The summed E-state index contributed by atoms with van der Waals surface area (Å²) in [4.78, 5) is 34.2. The third kappa shape index (κ3) is 4.71. The molecule has 2 N–H and O–H groups in total. The molecule has 0 atom stereocenters. The number of rotatable bonds is 6. The lowest BCUT2D eigenvalue weighted by molar-refractivity contribution is 0.102. The number of halogens is 2. The summed E-state index contributed by atoms with van der Waals surface area (Å²) in [7, 11) is 0. The highest BCUT2D eigenvalue weighted by molar-refractivity contribution is 6.04. The largest absolute Gasteiger partial charge is 0.322 e. The summed E-state index contributed by atoms with van der Waals surface area (Å²) in [5, 5.41) is 14.6. The lowest BCUT2D eigenvalue weighted by Crippen LogP contribution is -2.29. The van der Waals surface area contributed by atoms with Crippen LogP contribution in [-0.2, 0) is 6.42 Å². The lowest BCUT2D eigenvalue weighted by atomic mass is 9.99. The van der Waals surface area contributed by atoms with Gasteiger partial charge in [0.05, 0.1) is 16.8 Å². The van der Waals surface area contributed by atoms with Gasteiger partial charge in [-0.25, -0.2) is 13.8 Å². The van der Waals surface area contributed by atoms with E-state index in [0.29, 0.717) is 16.9 Å². The van der Waals surface area contributed by atoms with E-state index in [2.05, 4.69) is 30.6 Å². The monoisotopic (exact) mass is 535 g/mol. The fourth-order valence-corrected chi connectivity index (χ4v) is 4.40. The summed E-state index contributed by atoms with van der Waals surface area (Å²) in [6, 6.07) is 16.2. The van der Waals surface area contributed by atoms with Crippen molar-refractivity contribution in [2.24, 2.45) is 0 Å². The molecule has 4 heterocycles. The van der Waals surface area contributed by atoms with Crippen molar-refractivity contribution in [1.29, 1.82) is 0 Å². The van der Waals surface area contributed by atoms with Gasteiger partial charge in [0.15, 0.2) is 5.65 Å². The number of nitrogens with one attached hydrogen (secondary N) is 2. The predicted octanol–water partition coefficient (Wildman–Crippen LogP) is 4.69. The van der Waals surface area contributed by atoms with E-state index < -0.39 is 23.1 Å². The number of benzene rings is 2. The summed E-state index contributed by atoms with van der Waals surface area (Å²) < 4.78 is 29.5. The Morgan fingerprint density at radius 1 is 0.950 bits per heavy atom. The van der Waals surface area contributed by atoms with Crippen molar-refractivity contribution in [3.63, 3.8) is 0 Å². The maximum atomic E-state index is 15.2. The first kappa shape index (κ1) is 24.7. The highest BCUT2D eigenvalue weighted by Crippen LogP contribution is 2.29. The second-order valence-electron chi connectivity index (χ2n) is 8.88. The first-order valence-electron chi connectivity index (χ1n) is 12.1. The van der Waals surface area contributed by atoms with Gasteiger partial charge in [-0.05, 0) is 71.8 Å². The number of fused-ring (bicyclic) bond motifs is 1. The quantitative estimate of drug-likeness (QED) is 0.320. The predicted molar refractivity (Wildman–Crippen MR) is 144 cm³/mol. The van der Waals surface area contributed by atoms with Crippen LogP contribution in [0.1, 0.15) is 21.5 Å². The zero-order valence-corrected chi connectivity index (χ0v) is 20.7. The van der Waals surface area contributed by atoms with Crippen LogP contribution < -0.4 is 10.9 Å². The number of nitrogens with zero attached hydrogens (tertiary/aromatic N) is 5. The fourth-order valence-electron chi connectivity index (χ4n) is 4.40. The van der Waals surface area contributed by atoms with E-state index in [1.807, 2.05) is 18.2 Å². The summed E-state index contributed by atoms with van der Waals surface area (Å²) in [6.45, 7) is 0. The minimum atomic E-state index is -0.731. The molecule has 0 aliphatic carbocycles. The summed E-state index contributed by atoms with van der Waals surface area (Å²) >= 11 is 0. The van der Waals surface area contributed by atoms with Gasteiger partial charge in [0, 0.05) is 42.5 Å². The van der Waals surface area contributed by atoms with E-state index in [-0.39, 0.29) is 17.7 Å². The molecule has 196 valence electrons. The molecule has 40 heavy (non-hydrogen) atoms. The Bertz CT molecular complexity index is 1920. The van der Waals surface area contributed by atoms with Crippen molar-refractivity contribution >= 4 is 22.6 Å². The third-order valence-corrected chi connectivity index (χ3v) is 6.34. The lowest BCUT2D eigenvalue weighted by Gasteiger charge is -2.10. The van der Waals surface area contributed by atoms with Crippen molar-refractivity contribution in [2.45, 2.75) is 6.42 Å². The molecular weight excluding hydrogens is 516 g/mol. The second-order valence-corrected chi connectivity index (χ2v) is 8.88. The molecule has 0 radical (unpaired) electrons. The average Bonchev–Trinajstić information content (AvgIpc) is 3.41. The van der Waals surface area contributed by atoms with Crippen LogP contribution in [0.15, 0.2) is 96.3 Å². The third-order valence-electron chi connectivity index (χ3n) is 6.34. The molecule has 2 aromatic carbocycles. The number of carbonyl (C=O) groups is 1. The van der Waals surface area contributed by atoms with Crippen LogP contribution in [0.5, 0.6) is 0 Å². The van der Waals surface area contributed by atoms with Crippen LogP contribution in [0.4, 0.5) is 14.5 Å². The van der Waals surface area contributed by atoms with Crippen molar-refractivity contribution in [3.8, 4) is 16.9 Å². The maximum Gasteiger partial charge on any atom is 0.284 e. The minimum Gasteiger partial charge on any atom is -0.322 e. The van der Waals surface area contributed by atoms with Crippen LogP contribution in [0.3, 0.4) is 0 Å². The number of hydrogen-bond acceptors (Lipinski definition) is 6. The number of H-pyrrole nitrogens is 1. The highest BCUT2D eigenvalue weighted by atomic mass is 19.1. The molecule has 6 rings (SSSR count). The number of aromatic amines is 1. The van der Waals surface area contributed by atoms with Gasteiger partial charge in [0.2, 0.25) is 0 Å². The van der Waals surface area contributed by atoms with Crippen molar-refractivity contribution < 1.29 is 13.6 Å². The van der Waals surface area contributed by atoms with E-state index in [4.69, 9.17) is 0 Å². The normalized spacial score (nSPS) is 11.1. The molecule has 11 heteroatoms. The SMILES string of the molecule is O=C(Nc1ccc(Cc2ccnc3n[nH]c(-c4cccnc4)c23)c(F)c1)c1ccnn(-c2ccc(F)cc2)c1=O. The van der Waals surface area contributed by atoms with Gasteiger partial charge in [-0.1, -0.05) is 6.07 Å². The summed E-state index contributed by atoms with van der Waals surface area (Å²) in [5.74, 6) is -1.73. The number of hydrogen-bond donors (Lipinski definition) is 2. The van der Waals surface area contributed by atoms with E-state index in [9.17, 15) is 14.0 Å². The number of carbonyl (C=O) groups excluding carboxylic acids is 1. The molecule has 0 bridgehead atoms. The Labute approximate surface area is 225 Å². The molecule has 0 fully saturated rings. The Kier molecular flexibility index (Phi) is 6.37. The molecule has 0 saturated heterocycles. The number of anilines is 1. The smallest absolute Gasteiger partial charge is 0.284 e. The van der Waals surface area contributed by atoms with Crippen LogP contribution in [-0.4, -0.2) is 35.9 Å². The Morgan fingerprint density at radius 3 is 2.58 bits per heavy atom. The zero-order valence-electron chi connectivity index (χ0n) is 20.7. The van der Waals surface area contributed by atoms with Gasteiger partial charge in [0.1, 0.15) is 17.2 Å². The van der Waals surface area contributed by atoms with Gasteiger partial charge in [-0.2, -0.15) is 14.9 Å². The molecule has 4 aromatic heterocycles. The Balaban J connectivity index is 1.25. The fraction of sp³-hybridized carbons (Fsp3) is 0.0345. The van der Waals surface area contributed by atoms with Gasteiger partial charge < -0.3 is 5.32 Å². The molecule has 0 unspecified atom stereocenters. The van der Waals surface area contributed by atoms with Crippen molar-refractivity contribution in [3.05, 3.63) is 130 Å². The minimum absolute atomic E-state index is 0.176. The highest BCUT2D eigenvalue weighted by Gasteiger charge is 2.17. The molecule has 0 aliphatic rings. The first-order chi connectivity index (χ1) is 19.5. The van der Waals surface area contributed by atoms with E-state index >= 15 is 4.39 Å². The van der Waals surface area contributed by atoms with Crippen molar-refractivity contribution in [1.82, 2.24) is 29.9 Å². The first-order valence-corrected chi connectivity index (χ1v) is 12.1. The number of pyridine rings is 2. The van der Waals surface area contributed by atoms with Gasteiger partial charge >= 0.3 is 0 Å². The second kappa shape index (κ2) is 10.3. The molecular formula is C29H19F2N7O2. The van der Waals surface area contributed by atoms with Crippen LogP contribution in [0.2, 0.25) is 0 Å². The molecule has 0 aliphatic heterocycles. The summed E-state index contributed by atoms with van der Waals surface area (Å²) in [6.07, 6.45) is 6.53. The molecule has 0 spiro atoms. The maximum absolute atomic E-state index is 15.2. The molecule has 1 amide bonds. The van der Waals surface area contributed by atoms with E-state index in [1.165, 1.54) is 42.6 Å². The van der Waals surface area contributed by atoms with Gasteiger partial charge in [-0.15, -0.1) is 0 Å². The van der Waals surface area contributed by atoms with Crippen LogP contribution >= 0.6 is 0 Å². The zero-order chi connectivity index (χ0) is 27.6. The Hall–Kier alpha value is -5.58. The number of amides is 1. The molecule has 9 nitrogen and oxygen atoms in total. The van der Waals surface area contributed by atoms with Crippen molar-refractivity contribution in [2.75, 3.05) is 5.32 Å². The standard InChI is InChI=1S/C29H19F2N7O2/c30-20-4-7-22(8-5-20)38-29(40)23(10-13-34-38)28(39)35-21-6-3-17(24(31)15-21)14-18-9-12-33-27-25(18)26(36-37-27)19-2-1-11-32-16-19/h1-13,15-16H,14H2,(H,35,39)(H,33,36,37). The van der Waals surface area contributed by atoms with Crippen LogP contribution in [0, 0.1) is 11.6 Å². The van der Waals surface area contributed by atoms with E-state index in [0.717, 1.165) is 26.9 Å². The number of aromatic nitrogens is 6. The topological polar surface area (TPSA) is 118 Å². The molecule has 6 aromatic rings.